The molecule has 0 fully saturated rings. The van der Waals surface area contributed by atoms with Crippen LogP contribution in [0.4, 0.5) is 10.2 Å². The molecule has 2 aromatic heterocycles. The van der Waals surface area contributed by atoms with Crippen LogP contribution in [-0.2, 0) is 16.4 Å². The van der Waals surface area contributed by atoms with Gasteiger partial charge in [0.1, 0.15) is 17.4 Å². The molecular formula is C20H19FN4O4S. The smallest absolute Gasteiger partial charge is 0.255 e. The van der Waals surface area contributed by atoms with Crippen molar-refractivity contribution >= 4 is 32.8 Å². The molecule has 0 atom stereocenters. The number of hydrogen-bond donors (Lipinski definition) is 1. The summed E-state index contributed by atoms with van der Waals surface area (Å²) in [6.07, 6.45) is 1.41. The number of aromatic nitrogens is 1. The maximum Gasteiger partial charge on any atom is 0.255 e. The predicted octanol–water partition coefficient (Wildman–Crippen LogP) is 2.85. The molecule has 3 aromatic rings. The fourth-order valence-electron chi connectivity index (χ4n) is 3.01. The molecule has 0 saturated carbocycles. The van der Waals surface area contributed by atoms with Crippen molar-refractivity contribution in [2.24, 2.45) is 0 Å². The number of fused-ring (bicyclic) bond motifs is 1. The van der Waals surface area contributed by atoms with Gasteiger partial charge in [-0.25, -0.2) is 12.8 Å². The highest BCUT2D eigenvalue weighted by molar-refractivity contribution is 7.92. The van der Waals surface area contributed by atoms with Crippen molar-refractivity contribution in [2.75, 3.05) is 24.7 Å². The van der Waals surface area contributed by atoms with Gasteiger partial charge in [-0.2, -0.15) is 10.2 Å². The van der Waals surface area contributed by atoms with Gasteiger partial charge in [0.05, 0.1) is 23.3 Å². The van der Waals surface area contributed by atoms with Gasteiger partial charge in [0.2, 0.25) is 15.7 Å². The first-order valence-corrected chi connectivity index (χ1v) is 10.8. The molecule has 156 valence electrons. The van der Waals surface area contributed by atoms with E-state index in [-0.39, 0.29) is 35.7 Å². The van der Waals surface area contributed by atoms with Gasteiger partial charge in [0.25, 0.3) is 5.91 Å². The molecule has 3 rings (SSSR count). The number of carbonyl (C=O) groups is 1. The summed E-state index contributed by atoms with van der Waals surface area (Å²) in [6, 6.07) is 9.05. The lowest BCUT2D eigenvalue weighted by Gasteiger charge is -2.18. The Morgan fingerprint density at radius 1 is 1.33 bits per heavy atom. The van der Waals surface area contributed by atoms with Crippen molar-refractivity contribution in [3.8, 4) is 17.4 Å². The summed E-state index contributed by atoms with van der Waals surface area (Å²) in [4.78, 5) is 17.0. The zero-order chi connectivity index (χ0) is 22.1. The van der Waals surface area contributed by atoms with Crippen LogP contribution in [0.2, 0.25) is 0 Å². The van der Waals surface area contributed by atoms with Crippen LogP contribution >= 0.6 is 0 Å². The Bertz CT molecular complexity index is 1260. The third-order valence-corrected chi connectivity index (χ3v) is 5.77. The van der Waals surface area contributed by atoms with Gasteiger partial charge < -0.3 is 9.73 Å². The van der Waals surface area contributed by atoms with Crippen molar-refractivity contribution in [3.05, 3.63) is 47.3 Å². The standard InChI is InChI=1S/C20H19FN4O4S/c1-23-19(26)16-15-11-13(5-4-10-22)18(25(2)30(3,27)28)24-20(15)29-17(16)12-6-8-14(21)9-7-12/h6-9,11H,4-5H2,1-3H3,(H,23,26). The number of halogens is 1. The zero-order valence-electron chi connectivity index (χ0n) is 16.6. The van der Waals surface area contributed by atoms with Crippen LogP contribution < -0.4 is 9.62 Å². The van der Waals surface area contributed by atoms with Gasteiger partial charge in [0.15, 0.2) is 0 Å². The summed E-state index contributed by atoms with van der Waals surface area (Å²) >= 11 is 0. The molecule has 0 unspecified atom stereocenters. The number of nitrogens with zero attached hydrogens (tertiary/aromatic N) is 3. The molecule has 1 amide bonds. The first-order chi connectivity index (χ1) is 14.2. The van der Waals surface area contributed by atoms with Crippen LogP contribution in [-0.4, -0.2) is 39.7 Å². The molecule has 10 heteroatoms. The first kappa shape index (κ1) is 21.3. The number of amides is 1. The Hall–Kier alpha value is -3.45. The number of aryl methyl sites for hydroxylation is 1. The minimum atomic E-state index is -3.63. The van der Waals surface area contributed by atoms with E-state index in [9.17, 15) is 17.6 Å². The van der Waals surface area contributed by atoms with Gasteiger partial charge in [-0.15, -0.1) is 0 Å². The van der Waals surface area contributed by atoms with Gasteiger partial charge in [-0.05, 0) is 42.3 Å². The predicted molar refractivity (Wildman–Crippen MR) is 110 cm³/mol. The lowest BCUT2D eigenvalue weighted by Crippen LogP contribution is -2.27. The molecule has 2 heterocycles. The number of furan rings is 1. The van der Waals surface area contributed by atoms with Crippen LogP contribution in [0.25, 0.3) is 22.4 Å². The van der Waals surface area contributed by atoms with E-state index in [0.29, 0.717) is 16.5 Å². The quantitative estimate of drug-likeness (QED) is 0.643. The molecule has 0 aliphatic carbocycles. The number of anilines is 1. The van der Waals surface area contributed by atoms with Crippen LogP contribution in [0.5, 0.6) is 0 Å². The molecule has 0 bridgehead atoms. The zero-order valence-corrected chi connectivity index (χ0v) is 17.4. The SMILES string of the molecule is CNC(=O)c1c(-c2ccc(F)cc2)oc2nc(N(C)S(C)(=O)=O)c(CCC#N)cc12. The van der Waals surface area contributed by atoms with Crippen LogP contribution in [0, 0.1) is 17.1 Å². The lowest BCUT2D eigenvalue weighted by atomic mass is 10.0. The van der Waals surface area contributed by atoms with Crippen molar-refractivity contribution < 1.29 is 22.0 Å². The van der Waals surface area contributed by atoms with Crippen molar-refractivity contribution in [2.45, 2.75) is 12.8 Å². The number of sulfonamides is 1. The second-order valence-corrected chi connectivity index (χ2v) is 8.62. The van der Waals surface area contributed by atoms with Crippen LogP contribution in [0.1, 0.15) is 22.3 Å². The van der Waals surface area contributed by atoms with E-state index in [1.165, 1.54) is 38.4 Å². The first-order valence-electron chi connectivity index (χ1n) is 8.92. The van der Waals surface area contributed by atoms with Crippen LogP contribution in [0.3, 0.4) is 0 Å². The highest BCUT2D eigenvalue weighted by Gasteiger charge is 2.26. The fourth-order valence-corrected chi connectivity index (χ4v) is 3.49. The van der Waals surface area contributed by atoms with Crippen molar-refractivity contribution in [1.82, 2.24) is 10.3 Å². The van der Waals surface area contributed by atoms with E-state index in [0.717, 1.165) is 10.6 Å². The number of carbonyl (C=O) groups excluding carboxylic acids is 1. The average Bonchev–Trinajstić information content (AvgIpc) is 3.08. The van der Waals surface area contributed by atoms with Crippen molar-refractivity contribution in [1.29, 1.82) is 5.26 Å². The minimum absolute atomic E-state index is 0.0548. The summed E-state index contributed by atoms with van der Waals surface area (Å²) in [5.74, 6) is -0.582. The molecule has 0 saturated heterocycles. The van der Waals surface area contributed by atoms with Gasteiger partial charge in [-0.3, -0.25) is 9.10 Å². The van der Waals surface area contributed by atoms with E-state index in [2.05, 4.69) is 10.3 Å². The number of nitriles is 1. The van der Waals surface area contributed by atoms with E-state index >= 15 is 0 Å². The summed E-state index contributed by atoms with van der Waals surface area (Å²) in [7, 11) is -0.814. The monoisotopic (exact) mass is 430 g/mol. The Balaban J connectivity index is 2.33. The molecular weight excluding hydrogens is 411 g/mol. The normalized spacial score (nSPS) is 11.3. The number of benzene rings is 1. The molecule has 0 aliphatic rings. The maximum absolute atomic E-state index is 13.3. The molecule has 8 nitrogen and oxygen atoms in total. The highest BCUT2D eigenvalue weighted by Crippen LogP contribution is 2.36. The largest absolute Gasteiger partial charge is 0.437 e. The molecule has 0 radical (unpaired) electrons. The van der Waals surface area contributed by atoms with Gasteiger partial charge >= 0.3 is 0 Å². The Labute approximate surface area is 173 Å². The molecule has 1 N–H and O–H groups in total. The van der Waals surface area contributed by atoms with Crippen LogP contribution in [0.15, 0.2) is 34.7 Å². The topological polar surface area (TPSA) is 116 Å². The molecule has 30 heavy (non-hydrogen) atoms. The fraction of sp³-hybridized carbons (Fsp3) is 0.250. The third-order valence-electron chi connectivity index (χ3n) is 4.60. The second-order valence-electron chi connectivity index (χ2n) is 6.60. The Morgan fingerprint density at radius 3 is 2.57 bits per heavy atom. The lowest BCUT2D eigenvalue weighted by molar-refractivity contribution is 0.0964. The average molecular weight is 430 g/mol. The number of rotatable bonds is 6. The van der Waals surface area contributed by atoms with Gasteiger partial charge in [-0.1, -0.05) is 0 Å². The summed E-state index contributed by atoms with van der Waals surface area (Å²) in [5.41, 5.74) is 1.19. The second kappa shape index (κ2) is 8.12. The van der Waals surface area contributed by atoms with E-state index in [1.54, 1.807) is 6.07 Å². The number of pyridine rings is 1. The maximum atomic E-state index is 13.3. The van der Waals surface area contributed by atoms with E-state index in [1.807, 2.05) is 6.07 Å². The van der Waals surface area contributed by atoms with E-state index in [4.69, 9.17) is 9.68 Å². The summed E-state index contributed by atoms with van der Waals surface area (Å²) < 4.78 is 44.3. The van der Waals surface area contributed by atoms with Crippen molar-refractivity contribution in [3.63, 3.8) is 0 Å². The third kappa shape index (κ3) is 3.97. The summed E-state index contributed by atoms with van der Waals surface area (Å²) in [5, 5.41) is 11.9. The molecule has 0 aliphatic heterocycles. The minimum Gasteiger partial charge on any atom is -0.437 e. The number of nitrogens with one attached hydrogen (secondary N) is 1. The Kier molecular flexibility index (Phi) is 5.75. The Morgan fingerprint density at radius 2 is 2.00 bits per heavy atom. The molecule has 1 aromatic carbocycles. The molecule has 0 spiro atoms. The summed E-state index contributed by atoms with van der Waals surface area (Å²) in [6.45, 7) is 0. The van der Waals surface area contributed by atoms with Gasteiger partial charge in [0, 0.05) is 26.1 Å². The number of hydrogen-bond acceptors (Lipinski definition) is 6. The highest BCUT2D eigenvalue weighted by atomic mass is 32.2. The van der Waals surface area contributed by atoms with E-state index < -0.39 is 21.7 Å².